The summed E-state index contributed by atoms with van der Waals surface area (Å²) < 4.78 is 10.5. The van der Waals surface area contributed by atoms with Gasteiger partial charge in [-0.2, -0.15) is 0 Å². The van der Waals surface area contributed by atoms with E-state index < -0.39 is 5.97 Å². The summed E-state index contributed by atoms with van der Waals surface area (Å²) in [5, 5.41) is 11.6. The molecule has 0 unspecified atom stereocenters. The fourth-order valence-corrected chi connectivity index (χ4v) is 2.66. The average molecular weight is 305 g/mol. The van der Waals surface area contributed by atoms with Crippen LogP contribution in [0.3, 0.4) is 0 Å². The lowest BCUT2D eigenvalue weighted by atomic mass is 10.2. The smallest absolute Gasteiger partial charge is 0.345 e. The molecule has 1 aliphatic heterocycles. The molecule has 0 spiro atoms. The van der Waals surface area contributed by atoms with Crippen LogP contribution < -0.4 is 14.8 Å². The van der Waals surface area contributed by atoms with Gasteiger partial charge in [-0.05, 0) is 29.8 Å². The predicted molar refractivity (Wildman–Crippen MR) is 75.0 cm³/mol. The van der Waals surface area contributed by atoms with Gasteiger partial charge in [0.2, 0.25) is 6.79 Å². The number of fused-ring (bicyclic) bond motifs is 1. The van der Waals surface area contributed by atoms with Gasteiger partial charge in [-0.15, -0.1) is 11.3 Å². The summed E-state index contributed by atoms with van der Waals surface area (Å²) in [4.78, 5) is 23.2. The number of hydrogen-bond donors (Lipinski definition) is 2. The maximum Gasteiger partial charge on any atom is 0.345 e. The highest BCUT2D eigenvalue weighted by Crippen LogP contribution is 2.32. The normalized spacial score (nSPS) is 12.2. The van der Waals surface area contributed by atoms with Crippen molar-refractivity contribution in [3.63, 3.8) is 0 Å². The van der Waals surface area contributed by atoms with Crippen LogP contribution in [0.1, 0.15) is 24.9 Å². The van der Waals surface area contributed by atoms with Gasteiger partial charge in [0.15, 0.2) is 11.5 Å². The van der Waals surface area contributed by atoms with Crippen LogP contribution in [-0.2, 0) is 6.54 Å². The molecule has 2 aromatic rings. The Morgan fingerprint density at radius 1 is 1.14 bits per heavy atom. The first-order chi connectivity index (χ1) is 10.1. The molecule has 21 heavy (non-hydrogen) atoms. The average Bonchev–Trinajstić information content (AvgIpc) is 3.12. The van der Waals surface area contributed by atoms with Crippen molar-refractivity contribution in [1.29, 1.82) is 0 Å². The molecule has 7 heteroatoms. The molecule has 108 valence electrons. The lowest BCUT2D eigenvalue weighted by Crippen LogP contribution is -2.21. The molecule has 0 saturated carbocycles. The van der Waals surface area contributed by atoms with E-state index in [-0.39, 0.29) is 17.6 Å². The lowest BCUT2D eigenvalue weighted by Gasteiger charge is -2.05. The van der Waals surface area contributed by atoms with Crippen molar-refractivity contribution in [1.82, 2.24) is 5.32 Å². The first-order valence-corrected chi connectivity index (χ1v) is 6.95. The van der Waals surface area contributed by atoms with Gasteiger partial charge in [0.1, 0.15) is 4.88 Å². The molecule has 0 bridgehead atoms. The molecule has 0 saturated heterocycles. The third-order valence-electron chi connectivity index (χ3n) is 2.93. The van der Waals surface area contributed by atoms with E-state index in [0.717, 1.165) is 16.9 Å². The fraction of sp³-hybridized carbons (Fsp3) is 0.143. The van der Waals surface area contributed by atoms with Crippen molar-refractivity contribution in [3.05, 3.63) is 45.6 Å². The number of ether oxygens (including phenoxy) is 2. The van der Waals surface area contributed by atoms with Gasteiger partial charge in [-0.25, -0.2) is 4.79 Å². The molecular formula is C14H11NO5S. The number of rotatable bonds is 4. The van der Waals surface area contributed by atoms with E-state index in [2.05, 4.69) is 5.32 Å². The van der Waals surface area contributed by atoms with Crippen LogP contribution in [0.2, 0.25) is 0 Å². The molecule has 1 aliphatic rings. The number of amides is 1. The number of benzene rings is 1. The minimum absolute atomic E-state index is 0.142. The summed E-state index contributed by atoms with van der Waals surface area (Å²) in [5.74, 6) is 0.0143. The highest BCUT2D eigenvalue weighted by molar-refractivity contribution is 7.15. The zero-order chi connectivity index (χ0) is 14.8. The summed E-state index contributed by atoms with van der Waals surface area (Å²) in [7, 11) is 0. The summed E-state index contributed by atoms with van der Waals surface area (Å²) in [6.45, 7) is 0.536. The maximum absolute atomic E-state index is 11.9. The number of thiophene rings is 1. The van der Waals surface area contributed by atoms with Gasteiger partial charge in [-0.3, -0.25) is 4.79 Å². The van der Waals surface area contributed by atoms with Gasteiger partial charge in [-0.1, -0.05) is 6.07 Å². The Morgan fingerprint density at radius 2 is 1.90 bits per heavy atom. The van der Waals surface area contributed by atoms with Crippen molar-refractivity contribution in [2.24, 2.45) is 0 Å². The standard InChI is InChI=1S/C14H11NO5S/c16-13(11-3-4-12(21-11)14(17)18)15-6-8-1-2-9-10(5-8)20-7-19-9/h1-5H,6-7H2,(H,15,16)(H,17,18). The van der Waals surface area contributed by atoms with E-state index in [4.69, 9.17) is 14.6 Å². The third-order valence-corrected chi connectivity index (χ3v) is 4.00. The third kappa shape index (κ3) is 2.82. The Morgan fingerprint density at radius 3 is 2.67 bits per heavy atom. The van der Waals surface area contributed by atoms with Crippen molar-refractivity contribution in [3.8, 4) is 11.5 Å². The summed E-state index contributed by atoms with van der Waals surface area (Å²) in [6.07, 6.45) is 0. The molecule has 1 aromatic heterocycles. The van der Waals surface area contributed by atoms with Crippen LogP contribution in [0.5, 0.6) is 11.5 Å². The Balaban J connectivity index is 1.64. The van der Waals surface area contributed by atoms with Crippen molar-refractivity contribution < 1.29 is 24.2 Å². The molecule has 0 fully saturated rings. The van der Waals surface area contributed by atoms with E-state index in [1.807, 2.05) is 6.07 Å². The molecule has 3 rings (SSSR count). The van der Waals surface area contributed by atoms with Gasteiger partial charge < -0.3 is 19.9 Å². The number of hydrogen-bond acceptors (Lipinski definition) is 5. The Hall–Kier alpha value is -2.54. The second-order valence-corrected chi connectivity index (χ2v) is 5.42. The molecule has 2 N–H and O–H groups in total. The molecular weight excluding hydrogens is 294 g/mol. The lowest BCUT2D eigenvalue weighted by molar-refractivity contribution is 0.0702. The van der Waals surface area contributed by atoms with Crippen molar-refractivity contribution in [2.45, 2.75) is 6.54 Å². The van der Waals surface area contributed by atoms with Crippen LogP contribution in [0.4, 0.5) is 0 Å². The minimum atomic E-state index is -1.03. The number of nitrogens with one attached hydrogen (secondary N) is 1. The fourth-order valence-electron chi connectivity index (χ4n) is 1.90. The minimum Gasteiger partial charge on any atom is -0.477 e. The van der Waals surface area contributed by atoms with Gasteiger partial charge >= 0.3 is 5.97 Å². The predicted octanol–water partition coefficient (Wildman–Crippen LogP) is 2.10. The van der Waals surface area contributed by atoms with Crippen LogP contribution in [-0.4, -0.2) is 23.8 Å². The summed E-state index contributed by atoms with van der Waals surface area (Å²) in [6, 6.07) is 8.35. The highest BCUT2D eigenvalue weighted by Gasteiger charge is 2.15. The highest BCUT2D eigenvalue weighted by atomic mass is 32.1. The van der Waals surface area contributed by atoms with Crippen LogP contribution in [0.15, 0.2) is 30.3 Å². The second-order valence-electron chi connectivity index (χ2n) is 4.34. The van der Waals surface area contributed by atoms with Crippen LogP contribution >= 0.6 is 11.3 Å². The van der Waals surface area contributed by atoms with Gasteiger partial charge in [0, 0.05) is 6.54 Å². The summed E-state index contributed by atoms with van der Waals surface area (Å²) in [5.41, 5.74) is 0.877. The summed E-state index contributed by atoms with van der Waals surface area (Å²) >= 11 is 0.948. The Bertz CT molecular complexity index is 709. The molecule has 0 radical (unpaired) electrons. The number of carboxylic acids is 1. The number of carboxylic acid groups (broad SMARTS) is 1. The molecule has 6 nitrogen and oxygen atoms in total. The SMILES string of the molecule is O=C(O)c1ccc(C(=O)NCc2ccc3c(c2)OCO3)s1. The first kappa shape index (κ1) is 13.4. The number of carbonyl (C=O) groups excluding carboxylic acids is 1. The van der Waals surface area contributed by atoms with E-state index >= 15 is 0 Å². The molecule has 2 heterocycles. The molecule has 0 atom stereocenters. The monoisotopic (exact) mass is 305 g/mol. The molecule has 1 aromatic carbocycles. The van der Waals surface area contributed by atoms with Crippen LogP contribution in [0, 0.1) is 0 Å². The first-order valence-electron chi connectivity index (χ1n) is 6.13. The van der Waals surface area contributed by atoms with Crippen LogP contribution in [0.25, 0.3) is 0 Å². The quantitative estimate of drug-likeness (QED) is 0.903. The second kappa shape index (κ2) is 5.45. The van der Waals surface area contributed by atoms with E-state index in [1.54, 1.807) is 12.1 Å². The van der Waals surface area contributed by atoms with Gasteiger partial charge in [0.05, 0.1) is 4.88 Å². The Labute approximate surface area is 123 Å². The number of aromatic carboxylic acids is 1. The topological polar surface area (TPSA) is 84.9 Å². The molecule has 0 aliphatic carbocycles. The van der Waals surface area contributed by atoms with Crippen molar-refractivity contribution in [2.75, 3.05) is 6.79 Å². The van der Waals surface area contributed by atoms with Gasteiger partial charge in [0.25, 0.3) is 5.91 Å². The zero-order valence-corrected chi connectivity index (χ0v) is 11.6. The Kier molecular flexibility index (Phi) is 3.49. The maximum atomic E-state index is 11.9. The van der Waals surface area contributed by atoms with Crippen molar-refractivity contribution >= 4 is 23.2 Å². The van der Waals surface area contributed by atoms with E-state index in [1.165, 1.54) is 12.1 Å². The molecule has 1 amide bonds. The van der Waals surface area contributed by atoms with E-state index in [9.17, 15) is 9.59 Å². The largest absolute Gasteiger partial charge is 0.477 e. The zero-order valence-electron chi connectivity index (χ0n) is 10.8. The number of carbonyl (C=O) groups is 2. The van der Waals surface area contributed by atoms with E-state index in [0.29, 0.717) is 22.9 Å².